The maximum atomic E-state index is 10.8. The van der Waals surface area contributed by atoms with Crippen LogP contribution in [0.4, 0.5) is 0 Å². The van der Waals surface area contributed by atoms with Gasteiger partial charge in [-0.1, -0.05) is 0 Å². The molecule has 0 unspecified atom stereocenters. The number of rotatable bonds is 5. The molecule has 0 rings (SSSR count). The highest BCUT2D eigenvalue weighted by molar-refractivity contribution is 5.82. The summed E-state index contributed by atoms with van der Waals surface area (Å²) in [7, 11) is 0. The van der Waals surface area contributed by atoms with Crippen molar-refractivity contribution in [3.63, 3.8) is 0 Å². The second kappa shape index (κ2) is 6.67. The van der Waals surface area contributed by atoms with E-state index in [-0.39, 0.29) is 6.61 Å². The van der Waals surface area contributed by atoms with Gasteiger partial charge in [0.1, 0.15) is 0 Å². The molecule has 3 N–H and O–H groups in total. The van der Waals surface area contributed by atoms with E-state index in [4.69, 9.17) is 15.6 Å². The number of ether oxygens (including phenoxy) is 1. The van der Waals surface area contributed by atoms with Crippen molar-refractivity contribution in [3.8, 4) is 0 Å². The van der Waals surface area contributed by atoms with E-state index in [2.05, 4.69) is 0 Å². The molecule has 70 valence electrons. The SMILES string of the molecule is CC(N)=CC(=O)OCCCCO. The second-order valence-electron chi connectivity index (χ2n) is 2.49. The van der Waals surface area contributed by atoms with Gasteiger partial charge >= 0.3 is 5.97 Å². The van der Waals surface area contributed by atoms with E-state index in [9.17, 15) is 4.79 Å². The fourth-order valence-corrected chi connectivity index (χ4v) is 0.614. The largest absolute Gasteiger partial charge is 0.462 e. The number of hydrogen-bond donors (Lipinski definition) is 2. The standard InChI is InChI=1S/C8H15NO3/c1-7(9)6-8(11)12-5-3-2-4-10/h6,10H,2-5,9H2,1H3. The molecule has 12 heavy (non-hydrogen) atoms. The third kappa shape index (κ3) is 7.08. The predicted octanol–water partition coefficient (Wildman–Crippen LogP) is 0.165. The number of nitrogens with two attached hydrogens (primary N) is 1. The lowest BCUT2D eigenvalue weighted by molar-refractivity contribution is -0.137. The molecule has 4 nitrogen and oxygen atoms in total. The van der Waals surface area contributed by atoms with Gasteiger partial charge in [0, 0.05) is 18.4 Å². The van der Waals surface area contributed by atoms with Crippen LogP contribution < -0.4 is 5.73 Å². The summed E-state index contributed by atoms with van der Waals surface area (Å²) in [5, 5.41) is 8.40. The predicted molar refractivity (Wildman–Crippen MR) is 45.2 cm³/mol. The minimum atomic E-state index is -0.423. The molecular formula is C8H15NO3. The van der Waals surface area contributed by atoms with Gasteiger partial charge in [-0.15, -0.1) is 0 Å². The summed E-state index contributed by atoms with van der Waals surface area (Å²) in [5.74, 6) is -0.423. The summed E-state index contributed by atoms with van der Waals surface area (Å²) in [6.45, 7) is 2.08. The highest BCUT2D eigenvalue weighted by Crippen LogP contribution is 1.91. The minimum Gasteiger partial charge on any atom is -0.462 e. The van der Waals surface area contributed by atoms with Crippen molar-refractivity contribution >= 4 is 5.97 Å². The lowest BCUT2D eigenvalue weighted by atomic mass is 10.3. The highest BCUT2D eigenvalue weighted by Gasteiger charge is 1.96. The highest BCUT2D eigenvalue weighted by atomic mass is 16.5. The van der Waals surface area contributed by atoms with E-state index in [1.165, 1.54) is 6.08 Å². The molecule has 0 heterocycles. The summed E-state index contributed by atoms with van der Waals surface area (Å²) in [5.41, 5.74) is 5.68. The average Bonchev–Trinajstić information content (AvgIpc) is 1.97. The van der Waals surface area contributed by atoms with Crippen molar-refractivity contribution in [2.75, 3.05) is 13.2 Å². The average molecular weight is 173 g/mol. The van der Waals surface area contributed by atoms with Crippen LogP contribution in [-0.2, 0) is 9.53 Å². The van der Waals surface area contributed by atoms with Gasteiger partial charge in [-0.05, 0) is 19.8 Å². The molecule has 0 spiro atoms. The van der Waals surface area contributed by atoms with Crippen LogP contribution in [0.5, 0.6) is 0 Å². The normalized spacial score (nSPS) is 11.3. The van der Waals surface area contributed by atoms with Crippen molar-refractivity contribution in [3.05, 3.63) is 11.8 Å². The Morgan fingerprint density at radius 2 is 2.25 bits per heavy atom. The molecule has 0 aliphatic heterocycles. The van der Waals surface area contributed by atoms with Gasteiger partial charge < -0.3 is 15.6 Å². The molecule has 0 bridgehead atoms. The Balaban J connectivity index is 3.39. The number of carbonyl (C=O) groups excluding carboxylic acids is 1. The lowest BCUT2D eigenvalue weighted by Crippen LogP contribution is -2.05. The van der Waals surface area contributed by atoms with E-state index in [0.29, 0.717) is 25.1 Å². The number of unbranched alkanes of at least 4 members (excludes halogenated alkanes) is 1. The fourth-order valence-electron chi connectivity index (χ4n) is 0.614. The van der Waals surface area contributed by atoms with Crippen LogP contribution in [0.15, 0.2) is 11.8 Å². The first-order chi connectivity index (χ1) is 5.66. The van der Waals surface area contributed by atoms with Gasteiger partial charge in [-0.3, -0.25) is 0 Å². The zero-order valence-corrected chi connectivity index (χ0v) is 7.25. The van der Waals surface area contributed by atoms with E-state index in [0.717, 1.165) is 0 Å². The number of carbonyl (C=O) groups is 1. The Kier molecular flexibility index (Phi) is 6.09. The number of allylic oxidation sites excluding steroid dienone is 1. The number of aliphatic hydroxyl groups is 1. The van der Waals surface area contributed by atoms with Crippen molar-refractivity contribution < 1.29 is 14.6 Å². The summed E-state index contributed by atoms with van der Waals surface area (Å²) >= 11 is 0. The molecule has 0 amide bonds. The summed E-state index contributed by atoms with van der Waals surface area (Å²) < 4.78 is 4.75. The molecule has 0 fully saturated rings. The minimum absolute atomic E-state index is 0.128. The van der Waals surface area contributed by atoms with E-state index in [1.807, 2.05) is 0 Å². The molecule has 0 radical (unpaired) electrons. The Labute approximate surface area is 72.0 Å². The van der Waals surface area contributed by atoms with Gasteiger partial charge in [0.25, 0.3) is 0 Å². The van der Waals surface area contributed by atoms with Gasteiger partial charge in [0.15, 0.2) is 0 Å². The number of aliphatic hydroxyl groups excluding tert-OH is 1. The zero-order chi connectivity index (χ0) is 9.40. The van der Waals surface area contributed by atoms with Crippen LogP contribution in [0.25, 0.3) is 0 Å². The van der Waals surface area contributed by atoms with Crippen LogP contribution in [0.1, 0.15) is 19.8 Å². The van der Waals surface area contributed by atoms with Crippen LogP contribution >= 0.6 is 0 Å². The van der Waals surface area contributed by atoms with Crippen LogP contribution in [0.3, 0.4) is 0 Å². The van der Waals surface area contributed by atoms with Gasteiger partial charge in [0.2, 0.25) is 0 Å². The van der Waals surface area contributed by atoms with Crippen LogP contribution in [-0.4, -0.2) is 24.3 Å². The monoisotopic (exact) mass is 173 g/mol. The van der Waals surface area contributed by atoms with Crippen molar-refractivity contribution in [1.29, 1.82) is 0 Å². The molecule has 0 atom stereocenters. The molecular weight excluding hydrogens is 158 g/mol. The van der Waals surface area contributed by atoms with Crippen LogP contribution in [0.2, 0.25) is 0 Å². The smallest absolute Gasteiger partial charge is 0.332 e. The molecule has 0 aliphatic carbocycles. The summed E-state index contributed by atoms with van der Waals surface area (Å²) in [6, 6.07) is 0. The molecule has 0 saturated heterocycles. The Hall–Kier alpha value is -1.03. The van der Waals surface area contributed by atoms with Gasteiger partial charge in [0.05, 0.1) is 6.61 Å². The molecule has 0 aromatic rings. The molecule has 0 aliphatic rings. The van der Waals surface area contributed by atoms with Crippen molar-refractivity contribution in [2.45, 2.75) is 19.8 Å². The van der Waals surface area contributed by atoms with Gasteiger partial charge in [-0.2, -0.15) is 0 Å². The van der Waals surface area contributed by atoms with Crippen molar-refractivity contribution in [2.24, 2.45) is 5.73 Å². The third-order valence-electron chi connectivity index (χ3n) is 1.14. The summed E-state index contributed by atoms with van der Waals surface area (Å²) in [6.07, 6.45) is 2.57. The van der Waals surface area contributed by atoms with E-state index in [1.54, 1.807) is 6.92 Å². The lowest BCUT2D eigenvalue weighted by Gasteiger charge is -2.00. The number of hydrogen-bond acceptors (Lipinski definition) is 4. The Morgan fingerprint density at radius 3 is 2.75 bits per heavy atom. The second-order valence-corrected chi connectivity index (χ2v) is 2.49. The van der Waals surface area contributed by atoms with Crippen LogP contribution in [0, 0.1) is 0 Å². The quantitative estimate of drug-likeness (QED) is 0.353. The Bertz CT molecular complexity index is 162. The van der Waals surface area contributed by atoms with Crippen molar-refractivity contribution in [1.82, 2.24) is 0 Å². The van der Waals surface area contributed by atoms with Gasteiger partial charge in [-0.25, -0.2) is 4.79 Å². The molecule has 0 aromatic heterocycles. The van der Waals surface area contributed by atoms with E-state index >= 15 is 0 Å². The first-order valence-electron chi connectivity index (χ1n) is 3.88. The maximum absolute atomic E-state index is 10.8. The third-order valence-corrected chi connectivity index (χ3v) is 1.14. The maximum Gasteiger partial charge on any atom is 0.332 e. The van der Waals surface area contributed by atoms with E-state index < -0.39 is 5.97 Å². The first-order valence-corrected chi connectivity index (χ1v) is 3.88. The first kappa shape index (κ1) is 11.0. The topological polar surface area (TPSA) is 72.6 Å². The number of esters is 1. The molecule has 0 saturated carbocycles. The fraction of sp³-hybridized carbons (Fsp3) is 0.625. The summed E-state index contributed by atoms with van der Waals surface area (Å²) in [4.78, 5) is 10.8. The Morgan fingerprint density at radius 1 is 1.58 bits per heavy atom. The molecule has 4 heteroatoms. The zero-order valence-electron chi connectivity index (χ0n) is 7.25. The molecule has 0 aromatic carbocycles.